The molecule has 3 heterocycles. The molecular formula is C19H17ClFN3O5S. The molecule has 0 unspecified atom stereocenters. The number of fused-ring (bicyclic) bond motifs is 1. The minimum absolute atomic E-state index is 0.0368. The summed E-state index contributed by atoms with van der Waals surface area (Å²) in [7, 11) is 0. The van der Waals surface area contributed by atoms with E-state index in [4.69, 9.17) is 16.1 Å². The Morgan fingerprint density at radius 1 is 1.40 bits per heavy atom. The molecule has 0 radical (unpaired) electrons. The third kappa shape index (κ3) is 2.97. The molecular weight excluding hydrogens is 437 g/mol. The first-order chi connectivity index (χ1) is 14.0. The number of carbonyl (C=O) groups is 3. The number of nitrogens with one attached hydrogen (secondary N) is 1. The molecule has 0 saturated carbocycles. The summed E-state index contributed by atoms with van der Waals surface area (Å²) in [6.45, 7) is 4.97. The maximum Gasteiger partial charge on any atom is 0.327 e. The van der Waals surface area contributed by atoms with Gasteiger partial charge in [-0.25, -0.2) is 9.18 Å². The van der Waals surface area contributed by atoms with Crippen molar-refractivity contribution in [1.82, 2.24) is 15.4 Å². The van der Waals surface area contributed by atoms with Crippen LogP contribution in [0, 0.1) is 12.7 Å². The van der Waals surface area contributed by atoms with Gasteiger partial charge in [-0.1, -0.05) is 22.8 Å². The van der Waals surface area contributed by atoms with Crippen LogP contribution in [0.4, 0.5) is 4.39 Å². The van der Waals surface area contributed by atoms with Gasteiger partial charge in [0.15, 0.2) is 0 Å². The first kappa shape index (κ1) is 20.7. The van der Waals surface area contributed by atoms with Crippen LogP contribution in [0.2, 0.25) is 5.02 Å². The molecule has 1 aromatic carbocycles. The largest absolute Gasteiger partial charge is 0.480 e. The Morgan fingerprint density at radius 3 is 2.73 bits per heavy atom. The maximum absolute atomic E-state index is 14.4. The van der Waals surface area contributed by atoms with Gasteiger partial charge in [0.25, 0.3) is 5.91 Å². The lowest BCUT2D eigenvalue weighted by atomic mass is 9.95. The summed E-state index contributed by atoms with van der Waals surface area (Å²) >= 11 is 7.40. The van der Waals surface area contributed by atoms with Crippen molar-refractivity contribution in [3.63, 3.8) is 0 Å². The fourth-order valence-electron chi connectivity index (χ4n) is 3.89. The Kier molecular flexibility index (Phi) is 4.81. The van der Waals surface area contributed by atoms with Crippen molar-refractivity contribution in [1.29, 1.82) is 0 Å². The number of nitrogens with zero attached hydrogens (tertiary/aromatic N) is 2. The van der Waals surface area contributed by atoms with Crippen molar-refractivity contribution in [2.24, 2.45) is 0 Å². The number of carbonyl (C=O) groups excluding carboxylic acids is 2. The van der Waals surface area contributed by atoms with E-state index in [1.54, 1.807) is 13.8 Å². The fourth-order valence-corrected chi connectivity index (χ4v) is 5.77. The summed E-state index contributed by atoms with van der Waals surface area (Å²) in [5.74, 6) is -2.81. The lowest BCUT2D eigenvalue weighted by Crippen LogP contribution is -2.70. The summed E-state index contributed by atoms with van der Waals surface area (Å²) in [4.78, 5) is 38.5. The molecule has 4 rings (SSSR count). The van der Waals surface area contributed by atoms with Crippen molar-refractivity contribution in [3.8, 4) is 11.3 Å². The molecule has 2 aromatic rings. The summed E-state index contributed by atoms with van der Waals surface area (Å²) in [5.41, 5.74) is -0.185. The molecule has 8 nitrogen and oxygen atoms in total. The quantitative estimate of drug-likeness (QED) is 0.684. The van der Waals surface area contributed by atoms with Gasteiger partial charge in [-0.2, -0.15) is 0 Å². The number of thioether (sulfide) groups is 1. The van der Waals surface area contributed by atoms with Crippen molar-refractivity contribution < 1.29 is 28.4 Å². The lowest BCUT2D eigenvalue weighted by molar-refractivity contribution is -0.159. The number of hydrogen-bond donors (Lipinski definition) is 2. The van der Waals surface area contributed by atoms with Gasteiger partial charge in [0.05, 0.1) is 10.6 Å². The van der Waals surface area contributed by atoms with Crippen molar-refractivity contribution in [2.45, 2.75) is 43.0 Å². The second kappa shape index (κ2) is 6.98. The van der Waals surface area contributed by atoms with Crippen LogP contribution in [0.3, 0.4) is 0 Å². The minimum Gasteiger partial charge on any atom is -0.480 e. The molecule has 2 aliphatic heterocycles. The third-order valence-electron chi connectivity index (χ3n) is 5.25. The van der Waals surface area contributed by atoms with Crippen LogP contribution in [-0.4, -0.2) is 55.2 Å². The molecule has 11 heteroatoms. The average molecular weight is 454 g/mol. The van der Waals surface area contributed by atoms with Gasteiger partial charge < -0.3 is 19.8 Å². The second-order valence-corrected chi connectivity index (χ2v) is 9.79. The van der Waals surface area contributed by atoms with E-state index >= 15 is 0 Å². The molecule has 1 aromatic heterocycles. The van der Waals surface area contributed by atoms with Crippen LogP contribution in [0.15, 0.2) is 22.7 Å². The van der Waals surface area contributed by atoms with Gasteiger partial charge in [-0.05, 0) is 32.9 Å². The molecule has 30 heavy (non-hydrogen) atoms. The van der Waals surface area contributed by atoms with E-state index in [9.17, 15) is 23.9 Å². The van der Waals surface area contributed by atoms with Gasteiger partial charge in [0.2, 0.25) is 5.91 Å². The Morgan fingerprint density at radius 2 is 2.10 bits per heavy atom. The highest BCUT2D eigenvalue weighted by molar-refractivity contribution is 8.01. The van der Waals surface area contributed by atoms with Crippen LogP contribution in [0.25, 0.3) is 11.3 Å². The summed E-state index contributed by atoms with van der Waals surface area (Å²) < 4.78 is 18.7. The van der Waals surface area contributed by atoms with E-state index in [-0.39, 0.29) is 27.6 Å². The Labute approximate surface area is 179 Å². The molecule has 2 fully saturated rings. The highest BCUT2D eigenvalue weighted by Crippen LogP contribution is 2.50. The summed E-state index contributed by atoms with van der Waals surface area (Å²) in [6.07, 6.45) is 0. The number of amides is 2. The van der Waals surface area contributed by atoms with Gasteiger partial charge in [-0.15, -0.1) is 11.8 Å². The number of aryl methyl sites for hydroxylation is 1. The fraction of sp³-hybridized carbons (Fsp3) is 0.368. The average Bonchev–Trinajstić information content (AvgIpc) is 3.14. The highest BCUT2D eigenvalue weighted by atomic mass is 35.5. The lowest BCUT2D eigenvalue weighted by Gasteiger charge is -2.43. The molecule has 0 bridgehead atoms. The second-order valence-electron chi connectivity index (χ2n) is 7.61. The normalized spacial score (nSPS) is 24.4. The molecule has 0 aliphatic carbocycles. The SMILES string of the molecule is Cc1onc(-c2c(F)cccc2Cl)c1C(=O)N[C@@H]1C(=O)N2[C@@H](C(=O)O)C(C)(C)S[C@@H]12. The van der Waals surface area contributed by atoms with Gasteiger partial charge >= 0.3 is 5.97 Å². The number of hydrogen-bond acceptors (Lipinski definition) is 6. The molecule has 2 saturated heterocycles. The molecule has 2 N–H and O–H groups in total. The minimum atomic E-state index is -1.10. The predicted molar refractivity (Wildman–Crippen MR) is 107 cm³/mol. The van der Waals surface area contributed by atoms with Crippen LogP contribution in [0.1, 0.15) is 30.0 Å². The highest BCUT2D eigenvalue weighted by Gasteiger charge is 2.64. The van der Waals surface area contributed by atoms with Gasteiger partial charge in [-0.3, -0.25) is 9.59 Å². The zero-order valence-electron chi connectivity index (χ0n) is 16.1. The van der Waals surface area contributed by atoms with Crippen LogP contribution in [-0.2, 0) is 9.59 Å². The molecule has 0 spiro atoms. The first-order valence-corrected chi connectivity index (χ1v) is 10.2. The van der Waals surface area contributed by atoms with Crippen LogP contribution in [0.5, 0.6) is 0 Å². The van der Waals surface area contributed by atoms with Gasteiger partial charge in [0.1, 0.15) is 40.3 Å². The zero-order valence-corrected chi connectivity index (χ0v) is 17.7. The van der Waals surface area contributed by atoms with Crippen LogP contribution >= 0.6 is 23.4 Å². The van der Waals surface area contributed by atoms with E-state index in [0.717, 1.165) is 0 Å². The maximum atomic E-state index is 14.4. The van der Waals surface area contributed by atoms with Crippen LogP contribution < -0.4 is 5.32 Å². The summed E-state index contributed by atoms with van der Waals surface area (Å²) in [6, 6.07) is 2.17. The van der Waals surface area contributed by atoms with E-state index in [0.29, 0.717) is 0 Å². The number of carboxylic acids is 1. The standard InChI is InChI=1S/C19H17ClFN3O5S/c1-7-10(12(23-29-7)11-8(20)5-4-6-9(11)21)15(25)22-13-16(26)24-14(18(27)28)19(2,3)30-17(13)24/h4-6,13-14,17H,1-3H3,(H,22,25)(H,27,28)/t13-,14+,17+/m1/s1. The topological polar surface area (TPSA) is 113 Å². The van der Waals surface area contributed by atoms with Crippen molar-refractivity contribution in [3.05, 3.63) is 40.4 Å². The van der Waals surface area contributed by atoms with Crippen molar-refractivity contribution >= 4 is 41.1 Å². The number of halogens is 2. The number of β-lactam (4-membered cyclic amide) rings is 1. The van der Waals surface area contributed by atoms with E-state index in [1.807, 2.05) is 0 Å². The number of benzene rings is 1. The summed E-state index contributed by atoms with van der Waals surface area (Å²) in [5, 5.41) is 15.4. The van der Waals surface area contributed by atoms with Crippen molar-refractivity contribution in [2.75, 3.05) is 0 Å². The zero-order chi connectivity index (χ0) is 22.0. The third-order valence-corrected chi connectivity index (χ3v) is 7.14. The number of aliphatic carboxylic acids is 1. The molecule has 2 aliphatic rings. The molecule has 2 amide bonds. The Bertz CT molecular complexity index is 1070. The molecule has 158 valence electrons. The monoisotopic (exact) mass is 453 g/mol. The Hall–Kier alpha value is -2.59. The first-order valence-electron chi connectivity index (χ1n) is 8.99. The number of rotatable bonds is 4. The number of aromatic nitrogens is 1. The van der Waals surface area contributed by atoms with E-state index in [1.165, 1.54) is 41.8 Å². The van der Waals surface area contributed by atoms with E-state index in [2.05, 4.69) is 10.5 Å². The Balaban J connectivity index is 1.62. The molecule has 3 atom stereocenters. The van der Waals surface area contributed by atoms with Gasteiger partial charge in [0, 0.05) is 4.75 Å². The smallest absolute Gasteiger partial charge is 0.327 e. The predicted octanol–water partition coefficient (Wildman–Crippen LogP) is 2.69. The number of carboxylic acid groups (broad SMARTS) is 1. The van der Waals surface area contributed by atoms with E-state index < -0.39 is 45.8 Å².